The van der Waals surface area contributed by atoms with Gasteiger partial charge in [0.25, 0.3) is 7.82 Å². The zero-order valence-electron chi connectivity index (χ0n) is 34.6. The second-order valence-corrected chi connectivity index (χ2v) is 16.0. The summed E-state index contributed by atoms with van der Waals surface area (Å²) in [6.07, 6.45) is 43.6. The Kier molecular flexibility index (Phi) is 34.4. The van der Waals surface area contributed by atoms with Gasteiger partial charge in [0.15, 0.2) is 6.10 Å². The van der Waals surface area contributed by atoms with E-state index >= 15 is 0 Å². The number of hydrogen-bond acceptors (Lipinski definition) is 8. The Labute approximate surface area is 329 Å². The number of ether oxygens (including phenoxy) is 2. The zero-order valence-corrected chi connectivity index (χ0v) is 35.5. The number of phosphoric acid groups is 1. The molecule has 10 heteroatoms. The molecule has 0 aliphatic carbocycles. The minimum absolute atomic E-state index is 0.0451. The Balaban J connectivity index is 4.51. The van der Waals surface area contributed by atoms with E-state index in [1.54, 1.807) is 0 Å². The molecule has 0 rings (SSSR count). The fourth-order valence-corrected chi connectivity index (χ4v) is 5.70. The SMILES string of the molecule is CC/C=C/C/C=C/C/C=C/C/C=C/CCCCC(=O)O[C@H](COC(=O)CCCCCCC/C=C/C/C=C/CCCCC)COP(=O)([O-])OCC[N+](C)(C)C. The fourth-order valence-electron chi connectivity index (χ4n) is 4.97. The summed E-state index contributed by atoms with van der Waals surface area (Å²) in [6.45, 7) is 3.99. The van der Waals surface area contributed by atoms with E-state index in [4.69, 9.17) is 18.5 Å². The summed E-state index contributed by atoms with van der Waals surface area (Å²) in [6, 6.07) is 0. The molecule has 0 heterocycles. The number of carbonyl (C=O) groups excluding carboxylic acids is 2. The number of unbranched alkanes of at least 4 members (excludes halogenated alkanes) is 10. The standard InChI is InChI=1S/C44H76NO8P/c1-6-8-10-12-14-16-18-20-22-24-26-28-30-32-34-36-43(46)50-40-42(41-52-54(48,49)51-39-38-45(3,4)5)53-44(47)37-35-33-31-29-27-25-23-21-19-17-15-13-11-9-7-2/h9,11,14-17,20-23,27,29,42H,6-8,10,12-13,18-19,24-26,28,30-41H2,1-5H3/b11-9+,16-14+,17-15+,22-20+,23-21+,29-27+/t42-/m1/s1. The third-order valence-electron chi connectivity index (χ3n) is 8.21. The molecule has 0 aliphatic rings. The van der Waals surface area contributed by atoms with Crippen LogP contribution in [0.15, 0.2) is 72.9 Å². The molecule has 54 heavy (non-hydrogen) atoms. The molecule has 0 saturated heterocycles. The van der Waals surface area contributed by atoms with Gasteiger partial charge in [-0.2, -0.15) is 0 Å². The first-order valence-corrected chi connectivity index (χ1v) is 22.1. The maximum atomic E-state index is 12.6. The summed E-state index contributed by atoms with van der Waals surface area (Å²) in [4.78, 5) is 37.4. The predicted molar refractivity (Wildman–Crippen MR) is 222 cm³/mol. The van der Waals surface area contributed by atoms with Crippen LogP contribution in [0.5, 0.6) is 0 Å². The molecule has 0 aromatic carbocycles. The van der Waals surface area contributed by atoms with E-state index in [0.717, 1.165) is 77.0 Å². The van der Waals surface area contributed by atoms with E-state index in [9.17, 15) is 19.0 Å². The van der Waals surface area contributed by atoms with E-state index < -0.39 is 32.5 Å². The molecule has 0 fully saturated rings. The van der Waals surface area contributed by atoms with E-state index in [0.29, 0.717) is 23.9 Å². The Bertz CT molecular complexity index is 1150. The van der Waals surface area contributed by atoms with Gasteiger partial charge in [-0.25, -0.2) is 0 Å². The van der Waals surface area contributed by atoms with Crippen molar-refractivity contribution in [1.82, 2.24) is 0 Å². The van der Waals surface area contributed by atoms with Gasteiger partial charge >= 0.3 is 11.9 Å². The topological polar surface area (TPSA) is 111 Å². The van der Waals surface area contributed by atoms with Crippen molar-refractivity contribution in [3.8, 4) is 0 Å². The van der Waals surface area contributed by atoms with Crippen molar-refractivity contribution in [3.63, 3.8) is 0 Å². The number of phosphoric ester groups is 1. The fraction of sp³-hybridized carbons (Fsp3) is 0.682. The second-order valence-electron chi connectivity index (χ2n) is 14.6. The quantitative estimate of drug-likeness (QED) is 0.0203. The van der Waals surface area contributed by atoms with Crippen LogP contribution in [0.4, 0.5) is 0 Å². The molecular weight excluding hydrogens is 701 g/mol. The van der Waals surface area contributed by atoms with Crippen LogP contribution >= 0.6 is 7.82 Å². The maximum absolute atomic E-state index is 12.6. The van der Waals surface area contributed by atoms with Crippen LogP contribution in [-0.4, -0.2) is 70.0 Å². The van der Waals surface area contributed by atoms with Crippen LogP contribution in [0.3, 0.4) is 0 Å². The van der Waals surface area contributed by atoms with Crippen molar-refractivity contribution in [1.29, 1.82) is 0 Å². The Morgan fingerprint density at radius 1 is 0.593 bits per heavy atom. The number of quaternary nitrogens is 1. The van der Waals surface area contributed by atoms with E-state index in [1.165, 1.54) is 25.7 Å². The van der Waals surface area contributed by atoms with Crippen LogP contribution in [0.1, 0.15) is 142 Å². The highest BCUT2D eigenvalue weighted by Gasteiger charge is 2.21. The smallest absolute Gasteiger partial charge is 0.306 e. The van der Waals surface area contributed by atoms with Crippen molar-refractivity contribution in [3.05, 3.63) is 72.9 Å². The molecule has 0 aliphatic heterocycles. The van der Waals surface area contributed by atoms with Crippen LogP contribution in [0.25, 0.3) is 0 Å². The van der Waals surface area contributed by atoms with Crippen LogP contribution in [0.2, 0.25) is 0 Å². The summed E-state index contributed by atoms with van der Waals surface area (Å²) in [5.74, 6) is -0.908. The van der Waals surface area contributed by atoms with Crippen LogP contribution in [-0.2, 0) is 32.7 Å². The molecule has 0 bridgehead atoms. The van der Waals surface area contributed by atoms with Gasteiger partial charge in [-0.15, -0.1) is 0 Å². The molecule has 2 atom stereocenters. The summed E-state index contributed by atoms with van der Waals surface area (Å²) in [5.41, 5.74) is 0. The van der Waals surface area contributed by atoms with E-state index in [-0.39, 0.29) is 26.1 Å². The predicted octanol–water partition coefficient (Wildman–Crippen LogP) is 10.8. The highest BCUT2D eigenvalue weighted by Crippen LogP contribution is 2.38. The molecule has 310 valence electrons. The zero-order chi connectivity index (χ0) is 40.0. The molecule has 0 aromatic heterocycles. The van der Waals surface area contributed by atoms with Crippen molar-refractivity contribution in [2.75, 3.05) is 47.5 Å². The van der Waals surface area contributed by atoms with Crippen molar-refractivity contribution in [2.45, 2.75) is 148 Å². The molecule has 0 aromatic rings. The number of allylic oxidation sites excluding steroid dienone is 12. The molecule has 0 spiro atoms. The van der Waals surface area contributed by atoms with E-state index in [2.05, 4.69) is 86.8 Å². The first-order chi connectivity index (χ1) is 26.0. The lowest BCUT2D eigenvalue weighted by molar-refractivity contribution is -0.870. The number of nitrogens with zero attached hydrogens (tertiary/aromatic N) is 1. The minimum Gasteiger partial charge on any atom is -0.756 e. The highest BCUT2D eigenvalue weighted by molar-refractivity contribution is 7.45. The largest absolute Gasteiger partial charge is 0.756 e. The van der Waals surface area contributed by atoms with Crippen LogP contribution < -0.4 is 4.89 Å². The molecule has 0 N–H and O–H groups in total. The number of carbonyl (C=O) groups is 2. The Hall–Kier alpha value is -2.55. The molecule has 1 unspecified atom stereocenters. The van der Waals surface area contributed by atoms with Gasteiger partial charge in [-0.05, 0) is 83.5 Å². The average Bonchev–Trinajstić information content (AvgIpc) is 3.12. The number of rotatable bonds is 36. The van der Waals surface area contributed by atoms with Crippen molar-refractivity contribution in [2.24, 2.45) is 0 Å². The molecule has 9 nitrogen and oxygen atoms in total. The van der Waals surface area contributed by atoms with Gasteiger partial charge in [0.1, 0.15) is 19.8 Å². The monoisotopic (exact) mass is 778 g/mol. The number of likely N-dealkylation sites (N-methyl/N-ethyl adjacent to an activating group) is 1. The molecule has 0 amide bonds. The maximum Gasteiger partial charge on any atom is 0.306 e. The summed E-state index contributed by atoms with van der Waals surface area (Å²) in [7, 11) is 1.11. The van der Waals surface area contributed by atoms with Gasteiger partial charge in [0.05, 0.1) is 27.7 Å². The lowest BCUT2D eigenvalue weighted by Gasteiger charge is -2.28. The Morgan fingerprint density at radius 3 is 1.61 bits per heavy atom. The third kappa shape index (κ3) is 39.2. The normalized spacial score (nSPS) is 14.4. The minimum atomic E-state index is -4.64. The molecule has 0 saturated carbocycles. The van der Waals surface area contributed by atoms with Crippen LogP contribution in [0, 0.1) is 0 Å². The second kappa shape index (κ2) is 36.1. The van der Waals surface area contributed by atoms with Gasteiger partial charge in [-0.1, -0.05) is 119 Å². The summed E-state index contributed by atoms with van der Waals surface area (Å²) < 4.78 is 33.8. The van der Waals surface area contributed by atoms with Gasteiger partial charge < -0.3 is 27.9 Å². The molecule has 0 radical (unpaired) electrons. The first kappa shape index (κ1) is 51.5. The highest BCUT2D eigenvalue weighted by atomic mass is 31.2. The van der Waals surface area contributed by atoms with Crippen molar-refractivity contribution < 1.29 is 42.1 Å². The first-order valence-electron chi connectivity index (χ1n) is 20.6. The number of hydrogen-bond donors (Lipinski definition) is 0. The average molecular weight is 778 g/mol. The summed E-state index contributed by atoms with van der Waals surface area (Å²) >= 11 is 0. The van der Waals surface area contributed by atoms with E-state index in [1.807, 2.05) is 21.1 Å². The van der Waals surface area contributed by atoms with Gasteiger partial charge in [-0.3, -0.25) is 14.2 Å². The summed E-state index contributed by atoms with van der Waals surface area (Å²) in [5, 5.41) is 0. The molecular formula is C44H76NO8P. The van der Waals surface area contributed by atoms with Gasteiger partial charge in [0, 0.05) is 12.8 Å². The Morgan fingerprint density at radius 2 is 1.06 bits per heavy atom. The van der Waals surface area contributed by atoms with Gasteiger partial charge in [0.2, 0.25) is 0 Å². The third-order valence-corrected chi connectivity index (χ3v) is 9.17. The lowest BCUT2D eigenvalue weighted by Crippen LogP contribution is -2.37. The number of esters is 2. The van der Waals surface area contributed by atoms with Crippen molar-refractivity contribution >= 4 is 19.8 Å². The lowest BCUT2D eigenvalue weighted by atomic mass is 10.1.